The number of alkyl carbamates (subject to hydrolysis) is 1. The van der Waals surface area contributed by atoms with Gasteiger partial charge in [-0.05, 0) is 45.6 Å². The molecule has 1 amide bonds. The summed E-state index contributed by atoms with van der Waals surface area (Å²) in [6.45, 7) is 9.96. The molecule has 0 saturated carbocycles. The third-order valence-corrected chi connectivity index (χ3v) is 3.07. The molecule has 0 spiro atoms. The zero-order chi connectivity index (χ0) is 18.0. The van der Waals surface area contributed by atoms with Crippen LogP contribution in [0.2, 0.25) is 0 Å². The summed E-state index contributed by atoms with van der Waals surface area (Å²) in [6, 6.07) is 9.51. The molecule has 5 heteroatoms. The van der Waals surface area contributed by atoms with Crippen molar-refractivity contribution in [2.24, 2.45) is 0 Å². The number of ether oxygens (including phenoxy) is 2. The summed E-state index contributed by atoms with van der Waals surface area (Å²) in [5.41, 5.74) is 0.893. The molecular formula is C19H27NO4. The summed E-state index contributed by atoms with van der Waals surface area (Å²) in [7, 11) is 0. The Bertz CT molecular complexity index is 546. The smallest absolute Gasteiger partial charge is 0.407 e. The Balaban J connectivity index is 2.13. The van der Waals surface area contributed by atoms with Gasteiger partial charge in [-0.3, -0.25) is 0 Å². The quantitative estimate of drug-likeness (QED) is 0.444. The van der Waals surface area contributed by atoms with Crippen LogP contribution >= 0.6 is 0 Å². The van der Waals surface area contributed by atoms with Gasteiger partial charge in [0.2, 0.25) is 0 Å². The molecule has 1 N–H and O–H groups in total. The second-order valence-corrected chi connectivity index (χ2v) is 6.55. The van der Waals surface area contributed by atoms with Crippen molar-refractivity contribution in [1.29, 1.82) is 0 Å². The molecular weight excluding hydrogens is 306 g/mol. The van der Waals surface area contributed by atoms with Gasteiger partial charge in [-0.2, -0.15) is 0 Å². The minimum absolute atomic E-state index is 0.249. The van der Waals surface area contributed by atoms with Gasteiger partial charge in [-0.15, -0.1) is 0 Å². The Morgan fingerprint density at radius 2 is 1.79 bits per heavy atom. The van der Waals surface area contributed by atoms with Crippen LogP contribution in [0.15, 0.2) is 42.5 Å². The number of hydrogen-bond acceptors (Lipinski definition) is 4. The summed E-state index contributed by atoms with van der Waals surface area (Å²) in [5, 5.41) is 2.68. The Hall–Kier alpha value is -2.30. The van der Waals surface area contributed by atoms with E-state index in [1.54, 1.807) is 0 Å². The van der Waals surface area contributed by atoms with Gasteiger partial charge in [0.15, 0.2) is 0 Å². The number of nitrogens with one attached hydrogen (secondary N) is 1. The Labute approximate surface area is 144 Å². The molecule has 132 valence electrons. The summed E-state index contributed by atoms with van der Waals surface area (Å²) in [5.74, 6) is -0.376. The molecule has 0 unspecified atom stereocenters. The second-order valence-electron chi connectivity index (χ2n) is 6.55. The number of carbonyl (C=O) groups is 2. The average molecular weight is 333 g/mol. The first-order valence-corrected chi connectivity index (χ1v) is 8.13. The highest BCUT2D eigenvalue weighted by Gasteiger charge is 2.15. The van der Waals surface area contributed by atoms with Gasteiger partial charge in [0.05, 0.1) is 0 Å². The van der Waals surface area contributed by atoms with Crippen LogP contribution in [0.4, 0.5) is 4.79 Å². The van der Waals surface area contributed by atoms with E-state index in [4.69, 9.17) is 9.47 Å². The lowest BCUT2D eigenvalue weighted by Gasteiger charge is -2.19. The summed E-state index contributed by atoms with van der Waals surface area (Å²) in [4.78, 5) is 23.3. The van der Waals surface area contributed by atoms with E-state index < -0.39 is 11.7 Å². The first-order chi connectivity index (χ1) is 11.3. The number of amides is 1. The lowest BCUT2D eigenvalue weighted by molar-refractivity contribution is -0.140. The van der Waals surface area contributed by atoms with E-state index in [0.29, 0.717) is 18.5 Å². The predicted molar refractivity (Wildman–Crippen MR) is 93.5 cm³/mol. The third kappa shape index (κ3) is 8.98. The topological polar surface area (TPSA) is 64.6 Å². The fourth-order valence-corrected chi connectivity index (χ4v) is 1.90. The molecule has 0 atom stereocenters. The summed E-state index contributed by atoms with van der Waals surface area (Å²) >= 11 is 0. The van der Waals surface area contributed by atoms with Crippen molar-refractivity contribution in [1.82, 2.24) is 5.32 Å². The lowest BCUT2D eigenvalue weighted by Crippen LogP contribution is -2.33. The van der Waals surface area contributed by atoms with Crippen LogP contribution in [0.25, 0.3) is 0 Å². The maximum Gasteiger partial charge on any atom is 0.407 e. The number of esters is 1. The van der Waals surface area contributed by atoms with Gasteiger partial charge in [-0.1, -0.05) is 36.9 Å². The van der Waals surface area contributed by atoms with Gasteiger partial charge in [-0.25, -0.2) is 9.59 Å². The van der Waals surface area contributed by atoms with Crippen LogP contribution in [0, 0.1) is 0 Å². The fourth-order valence-electron chi connectivity index (χ4n) is 1.90. The Morgan fingerprint density at radius 1 is 1.12 bits per heavy atom. The van der Waals surface area contributed by atoms with E-state index in [2.05, 4.69) is 11.9 Å². The normalized spacial score (nSPS) is 10.8. The molecule has 1 rings (SSSR count). The van der Waals surface area contributed by atoms with Crippen molar-refractivity contribution < 1.29 is 19.1 Å². The molecule has 24 heavy (non-hydrogen) atoms. The fraction of sp³-hybridized carbons (Fsp3) is 0.474. The predicted octanol–water partition coefficient (Wildman–Crippen LogP) is 3.98. The van der Waals surface area contributed by atoms with Crippen molar-refractivity contribution in [3.8, 4) is 0 Å². The molecule has 1 aromatic carbocycles. The standard InChI is InChI=1S/C19H27NO4/c1-15(17(21)23-14-16-11-6-5-7-12-16)10-8-9-13-20-18(22)24-19(2,3)4/h5-7,11-12H,1,8-10,13-14H2,2-4H3,(H,20,22). The lowest BCUT2D eigenvalue weighted by atomic mass is 10.1. The Morgan fingerprint density at radius 3 is 2.42 bits per heavy atom. The maximum absolute atomic E-state index is 11.8. The number of benzene rings is 1. The van der Waals surface area contributed by atoms with Crippen LogP contribution in [0.3, 0.4) is 0 Å². The molecule has 5 nitrogen and oxygen atoms in total. The number of hydrogen-bond donors (Lipinski definition) is 1. The molecule has 0 saturated heterocycles. The van der Waals surface area contributed by atoms with Crippen molar-refractivity contribution in [2.75, 3.05) is 6.54 Å². The molecule has 0 radical (unpaired) electrons. The van der Waals surface area contributed by atoms with Gasteiger partial charge in [0.25, 0.3) is 0 Å². The van der Waals surface area contributed by atoms with Crippen molar-refractivity contribution in [3.63, 3.8) is 0 Å². The van der Waals surface area contributed by atoms with Crippen LogP contribution in [0.1, 0.15) is 45.6 Å². The monoisotopic (exact) mass is 333 g/mol. The molecule has 0 aliphatic carbocycles. The Kier molecular flexibility index (Phi) is 8.02. The molecule has 0 fully saturated rings. The van der Waals surface area contributed by atoms with Crippen molar-refractivity contribution in [3.05, 3.63) is 48.0 Å². The van der Waals surface area contributed by atoms with Crippen molar-refractivity contribution in [2.45, 2.75) is 52.2 Å². The third-order valence-electron chi connectivity index (χ3n) is 3.07. The molecule has 1 aromatic rings. The SMILES string of the molecule is C=C(CCCCNC(=O)OC(C)(C)C)C(=O)OCc1ccccc1. The van der Waals surface area contributed by atoms with Crippen LogP contribution in [-0.4, -0.2) is 24.2 Å². The first kappa shape index (κ1) is 19.7. The minimum Gasteiger partial charge on any atom is -0.457 e. The largest absolute Gasteiger partial charge is 0.457 e. The molecule has 0 aliphatic rings. The van der Waals surface area contributed by atoms with Gasteiger partial charge < -0.3 is 14.8 Å². The number of unbranched alkanes of at least 4 members (excludes halogenated alkanes) is 1. The van der Waals surface area contributed by atoms with Crippen LogP contribution in [0.5, 0.6) is 0 Å². The first-order valence-electron chi connectivity index (χ1n) is 8.13. The maximum atomic E-state index is 11.8. The summed E-state index contributed by atoms with van der Waals surface area (Å²) < 4.78 is 10.3. The zero-order valence-electron chi connectivity index (χ0n) is 14.8. The highest BCUT2D eigenvalue weighted by Crippen LogP contribution is 2.10. The van der Waals surface area contributed by atoms with E-state index in [0.717, 1.165) is 18.4 Å². The van der Waals surface area contributed by atoms with E-state index in [9.17, 15) is 9.59 Å². The van der Waals surface area contributed by atoms with Crippen LogP contribution in [-0.2, 0) is 20.9 Å². The average Bonchev–Trinajstić information content (AvgIpc) is 2.51. The van der Waals surface area contributed by atoms with E-state index in [1.807, 2.05) is 51.1 Å². The number of carbonyl (C=O) groups excluding carboxylic acids is 2. The van der Waals surface area contributed by atoms with E-state index >= 15 is 0 Å². The van der Waals surface area contributed by atoms with Gasteiger partial charge in [0, 0.05) is 12.1 Å². The minimum atomic E-state index is -0.499. The molecule has 0 aliphatic heterocycles. The molecule has 0 heterocycles. The number of rotatable bonds is 8. The summed E-state index contributed by atoms with van der Waals surface area (Å²) in [6.07, 6.45) is 1.60. The van der Waals surface area contributed by atoms with Crippen molar-refractivity contribution >= 4 is 12.1 Å². The van der Waals surface area contributed by atoms with E-state index in [-0.39, 0.29) is 12.6 Å². The van der Waals surface area contributed by atoms with Gasteiger partial charge in [0.1, 0.15) is 12.2 Å². The zero-order valence-corrected chi connectivity index (χ0v) is 14.8. The van der Waals surface area contributed by atoms with Gasteiger partial charge >= 0.3 is 12.1 Å². The second kappa shape index (κ2) is 9.75. The van der Waals surface area contributed by atoms with Crippen LogP contribution < -0.4 is 5.32 Å². The van der Waals surface area contributed by atoms with E-state index in [1.165, 1.54) is 0 Å². The molecule has 0 bridgehead atoms. The highest BCUT2D eigenvalue weighted by molar-refractivity contribution is 5.87. The molecule has 0 aromatic heterocycles. The highest BCUT2D eigenvalue weighted by atomic mass is 16.6.